The van der Waals surface area contributed by atoms with Crippen molar-refractivity contribution in [1.29, 1.82) is 0 Å². The average Bonchev–Trinajstić information content (AvgIpc) is 2.37. The first kappa shape index (κ1) is 15.6. The van der Waals surface area contributed by atoms with Gasteiger partial charge in [0.1, 0.15) is 0 Å². The van der Waals surface area contributed by atoms with E-state index in [1.54, 1.807) is 5.56 Å². The largest absolute Gasteiger partial charge is 0.316 e. The lowest BCUT2D eigenvalue weighted by molar-refractivity contribution is 0.292. The molecule has 0 spiro atoms. The second-order valence-electron chi connectivity index (χ2n) is 7.12. The van der Waals surface area contributed by atoms with Gasteiger partial charge in [0.15, 0.2) is 0 Å². The van der Waals surface area contributed by atoms with Crippen LogP contribution < -0.4 is 5.32 Å². The van der Waals surface area contributed by atoms with Crippen molar-refractivity contribution >= 4 is 0 Å². The van der Waals surface area contributed by atoms with Crippen LogP contribution in [-0.2, 0) is 0 Å². The molecule has 1 aliphatic carbocycles. The molecule has 0 amide bonds. The van der Waals surface area contributed by atoms with E-state index in [0.717, 1.165) is 24.3 Å². The van der Waals surface area contributed by atoms with Crippen molar-refractivity contribution in [3.63, 3.8) is 0 Å². The van der Waals surface area contributed by atoms with Gasteiger partial charge in [-0.05, 0) is 63.1 Å². The smallest absolute Gasteiger partial charge is 0.00146 e. The van der Waals surface area contributed by atoms with Crippen LogP contribution in [0, 0.1) is 25.7 Å². The lowest BCUT2D eigenvalue weighted by atomic mass is 9.75. The third-order valence-electron chi connectivity index (χ3n) is 4.54. The molecule has 1 aliphatic rings. The molecule has 1 N–H and O–H groups in total. The minimum Gasteiger partial charge on any atom is -0.316 e. The van der Waals surface area contributed by atoms with Crippen LogP contribution in [0.25, 0.3) is 0 Å². The van der Waals surface area contributed by atoms with Gasteiger partial charge in [0.25, 0.3) is 0 Å². The van der Waals surface area contributed by atoms with E-state index in [0.29, 0.717) is 0 Å². The van der Waals surface area contributed by atoms with Crippen LogP contribution in [0.1, 0.15) is 62.1 Å². The number of nitrogens with one attached hydrogen (secondary N) is 1. The molecule has 0 aliphatic heterocycles. The first-order valence-electron chi connectivity index (χ1n) is 8.35. The van der Waals surface area contributed by atoms with E-state index in [1.807, 2.05) is 0 Å². The van der Waals surface area contributed by atoms with Crippen LogP contribution in [0.4, 0.5) is 0 Å². The molecule has 2 unspecified atom stereocenters. The van der Waals surface area contributed by atoms with Crippen molar-refractivity contribution in [3.8, 4) is 0 Å². The molecule has 0 heterocycles. The predicted molar refractivity (Wildman–Crippen MR) is 88.3 cm³/mol. The molecular weight excluding hydrogens is 242 g/mol. The zero-order valence-corrected chi connectivity index (χ0v) is 13.7. The maximum atomic E-state index is 3.68. The summed E-state index contributed by atoms with van der Waals surface area (Å²) in [7, 11) is 0. The van der Waals surface area contributed by atoms with Crippen LogP contribution in [0.3, 0.4) is 0 Å². The third-order valence-corrected chi connectivity index (χ3v) is 4.54. The molecule has 0 bridgehead atoms. The molecule has 1 aromatic rings. The lowest BCUT2D eigenvalue weighted by Crippen LogP contribution is -2.31. The van der Waals surface area contributed by atoms with E-state index in [1.165, 1.54) is 43.4 Å². The fourth-order valence-corrected chi connectivity index (χ4v) is 3.67. The van der Waals surface area contributed by atoms with E-state index in [9.17, 15) is 0 Å². The van der Waals surface area contributed by atoms with Crippen LogP contribution in [0.15, 0.2) is 18.2 Å². The van der Waals surface area contributed by atoms with E-state index in [4.69, 9.17) is 0 Å². The van der Waals surface area contributed by atoms with Gasteiger partial charge in [0.2, 0.25) is 0 Å². The van der Waals surface area contributed by atoms with Crippen LogP contribution in [0.2, 0.25) is 0 Å². The molecule has 0 radical (unpaired) electrons. The Bertz CT molecular complexity index is 402. The molecule has 1 heteroatoms. The minimum atomic E-state index is 0.748. The zero-order valence-electron chi connectivity index (χ0n) is 13.7. The highest BCUT2D eigenvalue weighted by molar-refractivity contribution is 5.31. The molecule has 112 valence electrons. The van der Waals surface area contributed by atoms with Crippen molar-refractivity contribution < 1.29 is 0 Å². The summed E-state index contributed by atoms with van der Waals surface area (Å²) < 4.78 is 0. The van der Waals surface area contributed by atoms with Crippen molar-refractivity contribution in [2.45, 2.75) is 59.3 Å². The van der Waals surface area contributed by atoms with Crippen LogP contribution in [0.5, 0.6) is 0 Å². The SMILES string of the molecule is Cc1cc(C)cc(C2CCCCC2CNCC(C)C)c1. The van der Waals surface area contributed by atoms with Gasteiger partial charge in [0, 0.05) is 0 Å². The highest BCUT2D eigenvalue weighted by atomic mass is 14.9. The maximum Gasteiger partial charge on any atom is -0.00146 e. The monoisotopic (exact) mass is 273 g/mol. The Kier molecular flexibility index (Phi) is 5.65. The first-order valence-corrected chi connectivity index (χ1v) is 8.35. The molecule has 0 saturated heterocycles. The van der Waals surface area contributed by atoms with Gasteiger partial charge in [-0.3, -0.25) is 0 Å². The molecule has 1 saturated carbocycles. The summed E-state index contributed by atoms with van der Waals surface area (Å²) in [5, 5.41) is 3.68. The summed E-state index contributed by atoms with van der Waals surface area (Å²) in [6.45, 7) is 11.4. The van der Waals surface area contributed by atoms with Gasteiger partial charge in [-0.2, -0.15) is 0 Å². The van der Waals surface area contributed by atoms with Crippen LogP contribution >= 0.6 is 0 Å². The molecule has 1 fully saturated rings. The van der Waals surface area contributed by atoms with Gasteiger partial charge >= 0.3 is 0 Å². The number of aryl methyl sites for hydroxylation is 2. The Morgan fingerprint density at radius 1 is 1.05 bits per heavy atom. The predicted octanol–water partition coefficient (Wildman–Crippen LogP) is 4.82. The number of hydrogen-bond donors (Lipinski definition) is 1. The zero-order chi connectivity index (χ0) is 14.5. The number of rotatable bonds is 5. The summed E-state index contributed by atoms with van der Waals surface area (Å²) in [4.78, 5) is 0. The molecule has 2 rings (SSSR count). The Labute approximate surface area is 125 Å². The van der Waals surface area contributed by atoms with Gasteiger partial charge in [0.05, 0.1) is 0 Å². The molecule has 2 atom stereocenters. The lowest BCUT2D eigenvalue weighted by Gasteiger charge is -2.33. The highest BCUT2D eigenvalue weighted by Gasteiger charge is 2.26. The summed E-state index contributed by atoms with van der Waals surface area (Å²) in [5.74, 6) is 2.34. The van der Waals surface area contributed by atoms with Gasteiger partial charge in [-0.25, -0.2) is 0 Å². The van der Waals surface area contributed by atoms with Gasteiger partial charge in [-0.15, -0.1) is 0 Å². The second-order valence-corrected chi connectivity index (χ2v) is 7.12. The summed E-state index contributed by atoms with van der Waals surface area (Å²) in [5.41, 5.74) is 4.41. The normalized spacial score (nSPS) is 23.2. The average molecular weight is 273 g/mol. The Morgan fingerprint density at radius 3 is 2.35 bits per heavy atom. The molecule has 20 heavy (non-hydrogen) atoms. The standard InChI is InChI=1S/C19H31N/c1-14(2)12-20-13-17-7-5-6-8-19(17)18-10-15(3)9-16(4)11-18/h9-11,14,17,19-20H,5-8,12-13H2,1-4H3. The third kappa shape index (κ3) is 4.34. The fourth-order valence-electron chi connectivity index (χ4n) is 3.67. The molecule has 1 aromatic carbocycles. The summed E-state index contributed by atoms with van der Waals surface area (Å²) in [6.07, 6.45) is 5.58. The van der Waals surface area contributed by atoms with E-state index in [2.05, 4.69) is 51.2 Å². The van der Waals surface area contributed by atoms with Crippen molar-refractivity contribution in [2.75, 3.05) is 13.1 Å². The number of hydrogen-bond acceptors (Lipinski definition) is 1. The van der Waals surface area contributed by atoms with Gasteiger partial charge < -0.3 is 5.32 Å². The quantitative estimate of drug-likeness (QED) is 0.811. The van der Waals surface area contributed by atoms with E-state index < -0.39 is 0 Å². The molecule has 1 nitrogen and oxygen atoms in total. The second kappa shape index (κ2) is 7.26. The number of benzene rings is 1. The summed E-state index contributed by atoms with van der Waals surface area (Å²) >= 11 is 0. The molecular formula is C19H31N. The van der Waals surface area contributed by atoms with Crippen molar-refractivity contribution in [2.24, 2.45) is 11.8 Å². The first-order chi connectivity index (χ1) is 9.56. The minimum absolute atomic E-state index is 0.748. The fraction of sp³-hybridized carbons (Fsp3) is 0.684. The van der Waals surface area contributed by atoms with Gasteiger partial charge in [-0.1, -0.05) is 56.0 Å². The Morgan fingerprint density at radius 2 is 1.70 bits per heavy atom. The van der Waals surface area contributed by atoms with E-state index in [-0.39, 0.29) is 0 Å². The van der Waals surface area contributed by atoms with E-state index >= 15 is 0 Å². The van der Waals surface area contributed by atoms with Crippen LogP contribution in [-0.4, -0.2) is 13.1 Å². The highest BCUT2D eigenvalue weighted by Crippen LogP contribution is 2.38. The summed E-state index contributed by atoms with van der Waals surface area (Å²) in [6, 6.07) is 7.12. The molecule has 0 aromatic heterocycles. The topological polar surface area (TPSA) is 12.0 Å². The Balaban J connectivity index is 2.05. The maximum absolute atomic E-state index is 3.68. The van der Waals surface area contributed by atoms with Crippen molar-refractivity contribution in [1.82, 2.24) is 5.32 Å². The Hall–Kier alpha value is -0.820. The van der Waals surface area contributed by atoms with Crippen molar-refractivity contribution in [3.05, 3.63) is 34.9 Å².